The molecule has 2 aliphatic heterocycles. The van der Waals surface area contributed by atoms with Gasteiger partial charge in [0.2, 0.25) is 11.8 Å². The van der Waals surface area contributed by atoms with Crippen LogP contribution in [0.15, 0.2) is 18.3 Å². The van der Waals surface area contributed by atoms with E-state index in [1.54, 1.807) is 18.3 Å². The molecule has 0 spiro atoms. The van der Waals surface area contributed by atoms with Crippen LogP contribution >= 0.6 is 0 Å². The number of hydrogen-bond acceptors (Lipinski definition) is 6. The largest absolute Gasteiger partial charge is 0.481 e. The summed E-state index contributed by atoms with van der Waals surface area (Å²) in [6.07, 6.45) is 3.65. The highest BCUT2D eigenvalue weighted by Gasteiger charge is 2.30. The van der Waals surface area contributed by atoms with Crippen molar-refractivity contribution in [2.24, 2.45) is 0 Å². The van der Waals surface area contributed by atoms with Crippen molar-refractivity contribution in [3.05, 3.63) is 23.9 Å². The molecule has 3 rings (SSSR count). The molecule has 0 aromatic carbocycles. The first kappa shape index (κ1) is 17.6. The van der Waals surface area contributed by atoms with Gasteiger partial charge in [0, 0.05) is 49.4 Å². The number of nitrogens with zero attached hydrogens (tertiary/aromatic N) is 2. The SMILES string of the molecule is COc1cc(C(=O)NC2CCN(C3NC(=O)CC(C)N3)CC2)ccn1. The molecule has 8 heteroatoms. The fourth-order valence-electron chi connectivity index (χ4n) is 3.29. The molecular weight excluding hydrogens is 322 g/mol. The Balaban J connectivity index is 1.50. The highest BCUT2D eigenvalue weighted by atomic mass is 16.5. The second-order valence-corrected chi connectivity index (χ2v) is 6.61. The van der Waals surface area contributed by atoms with Crippen molar-refractivity contribution >= 4 is 11.8 Å². The summed E-state index contributed by atoms with van der Waals surface area (Å²) in [6, 6.07) is 3.61. The average molecular weight is 347 g/mol. The van der Waals surface area contributed by atoms with Gasteiger partial charge in [-0.2, -0.15) is 0 Å². The predicted octanol–water partition coefficient (Wildman–Crippen LogP) is 0.0660. The summed E-state index contributed by atoms with van der Waals surface area (Å²) < 4.78 is 5.05. The molecule has 0 bridgehead atoms. The maximum atomic E-state index is 12.4. The lowest BCUT2D eigenvalue weighted by molar-refractivity contribution is -0.127. The number of rotatable bonds is 4. The standard InChI is InChI=1S/C17H25N5O3/c1-11-9-14(23)21-17(19-11)22-7-4-13(5-8-22)20-16(24)12-3-6-18-15(10-12)25-2/h3,6,10-11,13,17,19H,4-5,7-9H2,1-2H3,(H,20,24)(H,21,23). The molecule has 2 fully saturated rings. The fraction of sp³-hybridized carbons (Fsp3) is 0.588. The summed E-state index contributed by atoms with van der Waals surface area (Å²) >= 11 is 0. The molecule has 2 atom stereocenters. The van der Waals surface area contributed by atoms with Crippen LogP contribution in [0.1, 0.15) is 36.5 Å². The minimum atomic E-state index is -0.114. The van der Waals surface area contributed by atoms with Crippen molar-refractivity contribution < 1.29 is 14.3 Å². The van der Waals surface area contributed by atoms with Crippen molar-refractivity contribution in [2.45, 2.75) is 44.6 Å². The predicted molar refractivity (Wildman–Crippen MR) is 92.0 cm³/mol. The van der Waals surface area contributed by atoms with Gasteiger partial charge in [-0.25, -0.2) is 4.98 Å². The van der Waals surface area contributed by atoms with E-state index in [0.717, 1.165) is 25.9 Å². The van der Waals surface area contributed by atoms with Crippen molar-refractivity contribution in [3.63, 3.8) is 0 Å². The number of hydrogen-bond donors (Lipinski definition) is 3. The van der Waals surface area contributed by atoms with Gasteiger partial charge in [0.25, 0.3) is 5.91 Å². The Bertz CT molecular complexity index is 630. The van der Waals surface area contributed by atoms with Gasteiger partial charge in [0.15, 0.2) is 0 Å². The minimum Gasteiger partial charge on any atom is -0.481 e. The molecular formula is C17H25N5O3. The van der Waals surface area contributed by atoms with Crippen LogP contribution in [0.4, 0.5) is 0 Å². The summed E-state index contributed by atoms with van der Waals surface area (Å²) in [4.78, 5) is 30.3. The van der Waals surface area contributed by atoms with Gasteiger partial charge in [-0.1, -0.05) is 0 Å². The van der Waals surface area contributed by atoms with Crippen LogP contribution in [0.2, 0.25) is 0 Å². The van der Waals surface area contributed by atoms with Crippen LogP contribution in [0.25, 0.3) is 0 Å². The summed E-state index contributed by atoms with van der Waals surface area (Å²) in [5.74, 6) is 0.394. The number of carbonyl (C=O) groups excluding carboxylic acids is 2. The van der Waals surface area contributed by atoms with Crippen LogP contribution in [0.3, 0.4) is 0 Å². The molecule has 0 saturated carbocycles. The first-order valence-corrected chi connectivity index (χ1v) is 8.65. The quantitative estimate of drug-likeness (QED) is 0.713. The average Bonchev–Trinajstić information content (AvgIpc) is 2.61. The number of aromatic nitrogens is 1. The Morgan fingerprint density at radius 3 is 2.84 bits per heavy atom. The van der Waals surface area contributed by atoms with Gasteiger partial charge in [-0.3, -0.25) is 19.8 Å². The number of pyridine rings is 1. The van der Waals surface area contributed by atoms with Crippen LogP contribution < -0.4 is 20.7 Å². The number of piperidine rings is 1. The van der Waals surface area contributed by atoms with Crippen LogP contribution in [-0.2, 0) is 4.79 Å². The van der Waals surface area contributed by atoms with Gasteiger partial charge >= 0.3 is 0 Å². The number of ether oxygens (including phenoxy) is 1. The van der Waals surface area contributed by atoms with Gasteiger partial charge in [-0.15, -0.1) is 0 Å². The highest BCUT2D eigenvalue weighted by Crippen LogP contribution is 2.15. The molecule has 3 heterocycles. The summed E-state index contributed by atoms with van der Waals surface area (Å²) in [5, 5.41) is 9.45. The fourth-order valence-corrected chi connectivity index (χ4v) is 3.29. The molecule has 2 aliphatic rings. The van der Waals surface area contributed by atoms with Gasteiger partial charge < -0.3 is 15.4 Å². The zero-order valence-corrected chi connectivity index (χ0v) is 14.6. The minimum absolute atomic E-state index is 0.0818. The molecule has 25 heavy (non-hydrogen) atoms. The number of nitrogens with one attached hydrogen (secondary N) is 3. The first-order valence-electron chi connectivity index (χ1n) is 8.65. The van der Waals surface area contributed by atoms with E-state index in [1.165, 1.54) is 7.11 Å². The molecule has 1 aromatic rings. The van der Waals surface area contributed by atoms with E-state index in [2.05, 4.69) is 25.8 Å². The molecule has 1 aromatic heterocycles. The molecule has 2 saturated heterocycles. The third-order valence-electron chi connectivity index (χ3n) is 4.67. The van der Waals surface area contributed by atoms with E-state index in [4.69, 9.17) is 4.74 Å². The zero-order chi connectivity index (χ0) is 17.8. The Morgan fingerprint density at radius 2 is 2.16 bits per heavy atom. The van der Waals surface area contributed by atoms with Crippen LogP contribution in [-0.4, -0.2) is 60.3 Å². The van der Waals surface area contributed by atoms with E-state index in [1.807, 2.05) is 6.92 Å². The molecule has 3 N–H and O–H groups in total. The summed E-state index contributed by atoms with van der Waals surface area (Å²) in [6.45, 7) is 3.65. The molecule has 2 amide bonds. The topological polar surface area (TPSA) is 95.6 Å². The van der Waals surface area contributed by atoms with E-state index in [9.17, 15) is 9.59 Å². The molecule has 0 radical (unpaired) electrons. The smallest absolute Gasteiger partial charge is 0.251 e. The number of carbonyl (C=O) groups is 2. The lowest BCUT2D eigenvalue weighted by Crippen LogP contribution is -2.65. The maximum Gasteiger partial charge on any atom is 0.251 e. The number of methoxy groups -OCH3 is 1. The lowest BCUT2D eigenvalue weighted by atomic mass is 10.0. The van der Waals surface area contributed by atoms with Crippen molar-refractivity contribution in [1.29, 1.82) is 0 Å². The van der Waals surface area contributed by atoms with E-state index in [0.29, 0.717) is 17.9 Å². The molecule has 8 nitrogen and oxygen atoms in total. The molecule has 0 aliphatic carbocycles. The summed E-state index contributed by atoms with van der Waals surface area (Å²) in [5.41, 5.74) is 0.546. The van der Waals surface area contributed by atoms with E-state index < -0.39 is 0 Å². The number of likely N-dealkylation sites (tertiary alicyclic amines) is 1. The third-order valence-corrected chi connectivity index (χ3v) is 4.67. The first-order chi connectivity index (χ1) is 12.0. The molecule has 136 valence electrons. The molecule has 2 unspecified atom stereocenters. The van der Waals surface area contributed by atoms with Crippen LogP contribution in [0.5, 0.6) is 5.88 Å². The zero-order valence-electron chi connectivity index (χ0n) is 14.6. The maximum absolute atomic E-state index is 12.4. The normalized spacial score (nSPS) is 25.3. The second-order valence-electron chi connectivity index (χ2n) is 6.61. The Labute approximate surface area is 147 Å². The number of amides is 2. The van der Waals surface area contributed by atoms with Gasteiger partial charge in [0.05, 0.1) is 7.11 Å². The van der Waals surface area contributed by atoms with E-state index >= 15 is 0 Å². The van der Waals surface area contributed by atoms with Gasteiger partial charge in [-0.05, 0) is 25.8 Å². The Morgan fingerprint density at radius 1 is 1.40 bits per heavy atom. The van der Waals surface area contributed by atoms with Crippen molar-refractivity contribution in [1.82, 2.24) is 25.8 Å². The summed E-state index contributed by atoms with van der Waals surface area (Å²) in [7, 11) is 1.53. The van der Waals surface area contributed by atoms with Crippen LogP contribution in [0, 0.1) is 0 Å². The van der Waals surface area contributed by atoms with Gasteiger partial charge in [0.1, 0.15) is 6.29 Å². The highest BCUT2D eigenvalue weighted by molar-refractivity contribution is 5.94. The lowest BCUT2D eigenvalue weighted by Gasteiger charge is -2.41. The van der Waals surface area contributed by atoms with Crippen molar-refractivity contribution in [2.75, 3.05) is 20.2 Å². The van der Waals surface area contributed by atoms with Crippen molar-refractivity contribution in [3.8, 4) is 5.88 Å². The second kappa shape index (κ2) is 7.79. The third kappa shape index (κ3) is 4.46. The Kier molecular flexibility index (Phi) is 5.50. The monoisotopic (exact) mass is 347 g/mol. The Hall–Kier alpha value is -2.19. The van der Waals surface area contributed by atoms with E-state index in [-0.39, 0.29) is 30.2 Å².